The van der Waals surface area contributed by atoms with Crippen LogP contribution in [0.4, 0.5) is 0 Å². The van der Waals surface area contributed by atoms with Crippen molar-refractivity contribution in [1.29, 1.82) is 0 Å². The van der Waals surface area contributed by atoms with Crippen molar-refractivity contribution in [2.45, 2.75) is 64.5 Å². The van der Waals surface area contributed by atoms with Gasteiger partial charge in [-0.15, -0.1) is 0 Å². The predicted molar refractivity (Wildman–Crippen MR) is 77.8 cm³/mol. The van der Waals surface area contributed by atoms with Gasteiger partial charge in [-0.25, -0.2) is 0 Å². The van der Waals surface area contributed by atoms with Gasteiger partial charge in [-0.1, -0.05) is 19.8 Å². The molecule has 1 aromatic rings. The van der Waals surface area contributed by atoms with Gasteiger partial charge in [0.2, 0.25) is 0 Å². The lowest BCUT2D eigenvalue weighted by atomic mass is 9.82. The van der Waals surface area contributed by atoms with Gasteiger partial charge < -0.3 is 10.1 Å². The zero-order valence-electron chi connectivity index (χ0n) is 12.6. The lowest BCUT2D eigenvalue weighted by Gasteiger charge is -2.33. The van der Waals surface area contributed by atoms with Crippen molar-refractivity contribution in [1.82, 2.24) is 15.1 Å². The molecule has 0 aliphatic heterocycles. The highest BCUT2D eigenvalue weighted by atomic mass is 16.5. The van der Waals surface area contributed by atoms with Gasteiger partial charge in [0.1, 0.15) is 0 Å². The average molecular weight is 265 g/mol. The molecule has 0 aromatic carbocycles. The largest absolute Gasteiger partial charge is 0.493 e. The third kappa shape index (κ3) is 2.94. The molecule has 1 N–H and O–H groups in total. The molecule has 19 heavy (non-hydrogen) atoms. The van der Waals surface area contributed by atoms with Gasteiger partial charge in [-0.3, -0.25) is 4.68 Å². The Hall–Kier alpha value is -1.03. The SMILES string of the molecule is CCNC1CCCCC1c1c(OC)cnn1C(C)C. The summed E-state index contributed by atoms with van der Waals surface area (Å²) in [5.41, 5.74) is 1.28. The maximum atomic E-state index is 5.54. The third-order valence-corrected chi connectivity index (χ3v) is 4.09. The number of methoxy groups -OCH3 is 1. The highest BCUT2D eigenvalue weighted by Crippen LogP contribution is 2.38. The smallest absolute Gasteiger partial charge is 0.160 e. The molecule has 0 amide bonds. The van der Waals surface area contributed by atoms with Gasteiger partial charge in [-0.2, -0.15) is 5.10 Å². The maximum absolute atomic E-state index is 5.54. The fourth-order valence-corrected chi connectivity index (χ4v) is 3.24. The van der Waals surface area contributed by atoms with Gasteiger partial charge in [0.15, 0.2) is 5.75 Å². The van der Waals surface area contributed by atoms with E-state index in [-0.39, 0.29) is 0 Å². The first-order valence-electron chi connectivity index (χ1n) is 7.53. The third-order valence-electron chi connectivity index (χ3n) is 4.09. The summed E-state index contributed by atoms with van der Waals surface area (Å²) < 4.78 is 7.68. The van der Waals surface area contributed by atoms with E-state index in [1.807, 2.05) is 6.20 Å². The van der Waals surface area contributed by atoms with Crippen LogP contribution in [0, 0.1) is 0 Å². The standard InChI is InChI=1S/C15H27N3O/c1-5-16-13-9-7-6-8-12(13)15-14(19-4)10-17-18(15)11(2)3/h10-13,16H,5-9H2,1-4H3. The van der Waals surface area contributed by atoms with Crippen LogP contribution in [0.15, 0.2) is 6.20 Å². The second kappa shape index (κ2) is 6.42. The van der Waals surface area contributed by atoms with Crippen LogP contribution in [0.5, 0.6) is 5.75 Å². The topological polar surface area (TPSA) is 39.1 Å². The molecule has 108 valence electrons. The average Bonchev–Trinajstić information content (AvgIpc) is 2.83. The van der Waals surface area contributed by atoms with E-state index in [4.69, 9.17) is 4.74 Å². The summed E-state index contributed by atoms with van der Waals surface area (Å²) in [6, 6.07) is 0.935. The molecule has 0 radical (unpaired) electrons. The normalized spacial score (nSPS) is 23.8. The fraction of sp³-hybridized carbons (Fsp3) is 0.800. The van der Waals surface area contributed by atoms with Crippen LogP contribution in [0.2, 0.25) is 0 Å². The Bertz CT molecular complexity index is 398. The van der Waals surface area contributed by atoms with Gasteiger partial charge in [0, 0.05) is 18.0 Å². The zero-order valence-corrected chi connectivity index (χ0v) is 12.6. The van der Waals surface area contributed by atoms with E-state index in [1.165, 1.54) is 31.4 Å². The summed E-state index contributed by atoms with van der Waals surface area (Å²) in [6.07, 6.45) is 6.98. The van der Waals surface area contributed by atoms with Crippen molar-refractivity contribution < 1.29 is 4.74 Å². The Kier molecular flexibility index (Phi) is 4.86. The minimum Gasteiger partial charge on any atom is -0.493 e. The number of ether oxygens (including phenoxy) is 1. The summed E-state index contributed by atoms with van der Waals surface area (Å²) in [4.78, 5) is 0. The van der Waals surface area contributed by atoms with Crippen molar-refractivity contribution in [3.8, 4) is 5.75 Å². The molecule has 1 aromatic heterocycles. The summed E-state index contributed by atoms with van der Waals surface area (Å²) in [5.74, 6) is 1.47. The first kappa shape index (κ1) is 14.4. The molecule has 0 saturated heterocycles. The van der Waals surface area contributed by atoms with Crippen molar-refractivity contribution in [2.75, 3.05) is 13.7 Å². The number of nitrogens with zero attached hydrogens (tertiary/aromatic N) is 2. The molecule has 0 bridgehead atoms. The van der Waals surface area contributed by atoms with Crippen LogP contribution in [-0.2, 0) is 0 Å². The van der Waals surface area contributed by atoms with Crippen LogP contribution in [0.3, 0.4) is 0 Å². The summed E-state index contributed by atoms with van der Waals surface area (Å²) in [5, 5.41) is 8.16. The van der Waals surface area contributed by atoms with Crippen LogP contribution in [-0.4, -0.2) is 29.5 Å². The second-order valence-electron chi connectivity index (χ2n) is 5.69. The Morgan fingerprint density at radius 1 is 1.42 bits per heavy atom. The molecule has 1 aliphatic carbocycles. The number of rotatable bonds is 5. The Labute approximate surface area is 116 Å². The molecule has 1 saturated carbocycles. The lowest BCUT2D eigenvalue weighted by Crippen LogP contribution is -2.38. The molecule has 2 rings (SSSR count). The van der Waals surface area contributed by atoms with E-state index in [2.05, 4.69) is 35.9 Å². The van der Waals surface area contributed by atoms with Crippen LogP contribution in [0.25, 0.3) is 0 Å². The molecular formula is C15H27N3O. The maximum Gasteiger partial charge on any atom is 0.160 e. The Morgan fingerprint density at radius 3 is 2.79 bits per heavy atom. The molecule has 2 unspecified atom stereocenters. The Balaban J connectivity index is 2.34. The van der Waals surface area contributed by atoms with Crippen LogP contribution >= 0.6 is 0 Å². The minimum absolute atomic E-state index is 0.378. The minimum atomic E-state index is 0.378. The summed E-state index contributed by atoms with van der Waals surface area (Å²) in [6.45, 7) is 7.57. The zero-order chi connectivity index (χ0) is 13.8. The van der Waals surface area contributed by atoms with E-state index in [0.29, 0.717) is 18.0 Å². The molecule has 4 nitrogen and oxygen atoms in total. The van der Waals surface area contributed by atoms with E-state index < -0.39 is 0 Å². The highest BCUT2D eigenvalue weighted by Gasteiger charge is 2.31. The predicted octanol–water partition coefficient (Wildman–Crippen LogP) is 3.11. The Morgan fingerprint density at radius 2 is 2.16 bits per heavy atom. The van der Waals surface area contributed by atoms with Crippen molar-refractivity contribution >= 4 is 0 Å². The number of hydrogen-bond donors (Lipinski definition) is 1. The number of aromatic nitrogens is 2. The van der Waals surface area contributed by atoms with Crippen LogP contribution in [0.1, 0.15) is 64.1 Å². The van der Waals surface area contributed by atoms with E-state index in [1.54, 1.807) is 7.11 Å². The second-order valence-corrected chi connectivity index (χ2v) is 5.69. The van der Waals surface area contributed by atoms with Crippen molar-refractivity contribution in [2.24, 2.45) is 0 Å². The molecule has 1 heterocycles. The van der Waals surface area contributed by atoms with E-state index in [0.717, 1.165) is 12.3 Å². The fourth-order valence-electron chi connectivity index (χ4n) is 3.24. The molecular weight excluding hydrogens is 238 g/mol. The molecule has 0 spiro atoms. The number of likely N-dealkylation sites (N-methyl/N-ethyl adjacent to an activating group) is 1. The highest BCUT2D eigenvalue weighted by molar-refractivity contribution is 5.31. The summed E-state index contributed by atoms with van der Waals surface area (Å²) >= 11 is 0. The van der Waals surface area contributed by atoms with Gasteiger partial charge in [0.05, 0.1) is 19.0 Å². The lowest BCUT2D eigenvalue weighted by molar-refractivity contribution is 0.303. The van der Waals surface area contributed by atoms with Crippen LogP contribution < -0.4 is 10.1 Å². The van der Waals surface area contributed by atoms with Crippen molar-refractivity contribution in [3.05, 3.63) is 11.9 Å². The molecule has 1 fully saturated rings. The number of hydrogen-bond acceptors (Lipinski definition) is 3. The molecule has 1 aliphatic rings. The monoisotopic (exact) mass is 265 g/mol. The van der Waals surface area contributed by atoms with E-state index in [9.17, 15) is 0 Å². The van der Waals surface area contributed by atoms with Gasteiger partial charge in [0.25, 0.3) is 0 Å². The van der Waals surface area contributed by atoms with Crippen molar-refractivity contribution in [3.63, 3.8) is 0 Å². The van der Waals surface area contributed by atoms with Gasteiger partial charge in [-0.05, 0) is 33.2 Å². The quantitative estimate of drug-likeness (QED) is 0.889. The van der Waals surface area contributed by atoms with E-state index >= 15 is 0 Å². The number of nitrogens with one attached hydrogen (secondary N) is 1. The molecule has 4 heteroatoms. The first-order valence-corrected chi connectivity index (χ1v) is 7.53. The first-order chi connectivity index (χ1) is 9.19. The molecule has 2 atom stereocenters. The summed E-state index contributed by atoms with van der Waals surface area (Å²) in [7, 11) is 1.75. The van der Waals surface area contributed by atoms with Gasteiger partial charge >= 0.3 is 0 Å².